The number of allylic oxidation sites excluding steroid dienone is 5. The van der Waals surface area contributed by atoms with E-state index in [0.717, 1.165) is 31.1 Å². The summed E-state index contributed by atoms with van der Waals surface area (Å²) < 4.78 is 0. The fraction of sp³-hybridized carbons (Fsp3) is 0.474. The van der Waals surface area contributed by atoms with Gasteiger partial charge >= 0.3 is 0 Å². The molecule has 4 unspecified atom stereocenters. The van der Waals surface area contributed by atoms with E-state index >= 15 is 0 Å². The van der Waals surface area contributed by atoms with Gasteiger partial charge in [-0.1, -0.05) is 119 Å². The van der Waals surface area contributed by atoms with E-state index in [4.69, 9.17) is 0 Å². The number of hydrogen-bond donors (Lipinski definition) is 0. The van der Waals surface area contributed by atoms with Crippen LogP contribution in [0.4, 0.5) is 0 Å². The van der Waals surface area contributed by atoms with Gasteiger partial charge in [-0.2, -0.15) is 0 Å². The van der Waals surface area contributed by atoms with Crippen molar-refractivity contribution in [3.05, 3.63) is 100 Å². The lowest BCUT2D eigenvalue weighted by Gasteiger charge is -2.33. The Hall–Kier alpha value is -2.60. The van der Waals surface area contributed by atoms with Crippen molar-refractivity contribution in [2.24, 2.45) is 29.1 Å². The second kappa shape index (κ2) is 10.5. The third-order valence-electron chi connectivity index (χ3n) is 9.60. The van der Waals surface area contributed by atoms with Gasteiger partial charge < -0.3 is 0 Å². The quantitative estimate of drug-likeness (QED) is 0.343. The van der Waals surface area contributed by atoms with E-state index in [1.54, 1.807) is 5.56 Å². The monoisotopic (exact) mass is 504 g/mol. The Labute approximate surface area is 232 Å². The highest BCUT2D eigenvalue weighted by Crippen LogP contribution is 2.45. The normalized spacial score (nSPS) is 25.2. The molecule has 0 nitrogen and oxygen atoms in total. The van der Waals surface area contributed by atoms with Crippen molar-refractivity contribution in [1.82, 2.24) is 0 Å². The van der Waals surface area contributed by atoms with Gasteiger partial charge in [-0.05, 0) is 108 Å². The van der Waals surface area contributed by atoms with Crippen LogP contribution < -0.4 is 0 Å². The van der Waals surface area contributed by atoms with E-state index in [0.29, 0.717) is 17.3 Å². The average molecular weight is 505 g/mol. The van der Waals surface area contributed by atoms with Gasteiger partial charge in [-0.15, -0.1) is 0 Å². The highest BCUT2D eigenvalue weighted by atomic mass is 14.4. The molecule has 200 valence electrons. The first-order valence-corrected chi connectivity index (χ1v) is 15.0. The maximum absolute atomic E-state index is 4.61. The second-order valence-electron chi connectivity index (χ2n) is 14.0. The molecule has 0 heterocycles. The highest BCUT2D eigenvalue weighted by Gasteiger charge is 2.31. The van der Waals surface area contributed by atoms with Crippen molar-refractivity contribution in [3.63, 3.8) is 0 Å². The van der Waals surface area contributed by atoms with Crippen LogP contribution in [0.15, 0.2) is 72.4 Å². The summed E-state index contributed by atoms with van der Waals surface area (Å²) in [5.74, 6) is 2.45. The first kappa shape index (κ1) is 27.0. The third kappa shape index (κ3) is 5.56. The molecule has 4 atom stereocenters. The first-order chi connectivity index (χ1) is 18.0. The standard InChI is InChI=1S/C38H48/c1-24-17-27(4)35(22-30-12-9-11-25(30)2)37(18-24)33-14-10-13-31-19-29(21-36(31)33)20-34-26(3)15-16-32(28(34)5)23-38(6,7)8/h10,13-19,25,30,32,34H,3,5,9,11-12,20-23H2,1-2,4,6-8H3. The summed E-state index contributed by atoms with van der Waals surface area (Å²) in [7, 11) is 0. The molecule has 0 aromatic heterocycles. The van der Waals surface area contributed by atoms with E-state index in [9.17, 15) is 0 Å². The van der Waals surface area contributed by atoms with Crippen LogP contribution in [0.5, 0.6) is 0 Å². The number of fused-ring (bicyclic) bond motifs is 1. The Morgan fingerprint density at radius 2 is 1.76 bits per heavy atom. The zero-order valence-electron chi connectivity index (χ0n) is 24.8. The lowest BCUT2D eigenvalue weighted by atomic mass is 9.71. The molecule has 0 N–H and O–H groups in total. The van der Waals surface area contributed by atoms with Gasteiger partial charge in [0.2, 0.25) is 0 Å². The maximum atomic E-state index is 4.61. The van der Waals surface area contributed by atoms with Crippen LogP contribution in [-0.2, 0) is 12.8 Å². The number of rotatable bonds is 6. The molecule has 1 saturated carbocycles. The van der Waals surface area contributed by atoms with Crippen LogP contribution in [-0.4, -0.2) is 0 Å². The van der Waals surface area contributed by atoms with Gasteiger partial charge in [0.1, 0.15) is 0 Å². The molecule has 2 aromatic carbocycles. The molecule has 0 radical (unpaired) electrons. The average Bonchev–Trinajstić information content (AvgIpc) is 3.44. The summed E-state index contributed by atoms with van der Waals surface area (Å²) in [4.78, 5) is 0. The molecule has 38 heavy (non-hydrogen) atoms. The Kier molecular flexibility index (Phi) is 7.47. The lowest BCUT2D eigenvalue weighted by Crippen LogP contribution is -2.21. The van der Waals surface area contributed by atoms with E-state index in [2.05, 4.69) is 103 Å². The summed E-state index contributed by atoms with van der Waals surface area (Å²) in [5, 5.41) is 0. The SMILES string of the molecule is C=C1C=CC(CC(C)(C)C)C(=C)C1CC1=Cc2cccc(-c3cc(C)cc(C)c3CC3CCCC3C)c2C1. The van der Waals surface area contributed by atoms with E-state index in [-0.39, 0.29) is 0 Å². The predicted molar refractivity (Wildman–Crippen MR) is 166 cm³/mol. The van der Waals surface area contributed by atoms with Gasteiger partial charge in [0.05, 0.1) is 0 Å². The summed E-state index contributed by atoms with van der Waals surface area (Å²) in [6, 6.07) is 11.8. The number of aryl methyl sites for hydroxylation is 2. The largest absolute Gasteiger partial charge is 0.0986 e. The minimum absolute atomic E-state index is 0.291. The second-order valence-corrected chi connectivity index (χ2v) is 14.0. The van der Waals surface area contributed by atoms with Crippen molar-refractivity contribution in [2.75, 3.05) is 0 Å². The van der Waals surface area contributed by atoms with Crippen molar-refractivity contribution >= 4 is 6.08 Å². The van der Waals surface area contributed by atoms with Crippen LogP contribution in [0.25, 0.3) is 17.2 Å². The van der Waals surface area contributed by atoms with Crippen LogP contribution in [0.2, 0.25) is 0 Å². The Morgan fingerprint density at radius 3 is 2.47 bits per heavy atom. The zero-order chi connectivity index (χ0) is 27.2. The number of benzene rings is 2. The van der Waals surface area contributed by atoms with Crippen LogP contribution in [0.3, 0.4) is 0 Å². The summed E-state index contributed by atoms with van der Waals surface area (Å²) in [6.45, 7) is 23.1. The van der Waals surface area contributed by atoms with Gasteiger partial charge in [-0.3, -0.25) is 0 Å². The van der Waals surface area contributed by atoms with E-state index in [1.165, 1.54) is 75.8 Å². The van der Waals surface area contributed by atoms with Crippen molar-refractivity contribution in [1.29, 1.82) is 0 Å². The molecule has 5 rings (SSSR count). The van der Waals surface area contributed by atoms with E-state index in [1.807, 2.05) is 0 Å². The summed E-state index contributed by atoms with van der Waals surface area (Å²) in [6.07, 6.45) is 15.7. The van der Waals surface area contributed by atoms with Gasteiger partial charge in [-0.25, -0.2) is 0 Å². The molecule has 0 heteroatoms. The molecular weight excluding hydrogens is 456 g/mol. The summed E-state index contributed by atoms with van der Waals surface area (Å²) in [5.41, 5.74) is 14.7. The number of hydrogen-bond acceptors (Lipinski definition) is 0. The van der Waals surface area contributed by atoms with Gasteiger partial charge in [0.25, 0.3) is 0 Å². The molecule has 0 saturated heterocycles. The topological polar surface area (TPSA) is 0 Å². The minimum Gasteiger partial charge on any atom is -0.0986 e. The van der Waals surface area contributed by atoms with Crippen LogP contribution >= 0.6 is 0 Å². The predicted octanol–water partition coefficient (Wildman–Crippen LogP) is 10.6. The Balaban J connectivity index is 1.41. The Morgan fingerprint density at radius 1 is 0.974 bits per heavy atom. The molecule has 0 amide bonds. The molecule has 3 aliphatic rings. The smallest absolute Gasteiger partial charge is 0.00827 e. The first-order valence-electron chi connectivity index (χ1n) is 15.0. The van der Waals surface area contributed by atoms with Crippen molar-refractivity contribution < 1.29 is 0 Å². The van der Waals surface area contributed by atoms with Crippen molar-refractivity contribution in [2.45, 2.75) is 86.5 Å². The zero-order valence-corrected chi connectivity index (χ0v) is 24.8. The Bertz CT molecular complexity index is 1300. The molecule has 0 aliphatic heterocycles. The van der Waals surface area contributed by atoms with Crippen molar-refractivity contribution in [3.8, 4) is 11.1 Å². The molecule has 2 aromatic rings. The van der Waals surface area contributed by atoms with E-state index < -0.39 is 0 Å². The molecular formula is C38H48. The fourth-order valence-corrected chi connectivity index (χ4v) is 7.47. The fourth-order valence-electron chi connectivity index (χ4n) is 7.47. The highest BCUT2D eigenvalue weighted by molar-refractivity contribution is 5.80. The molecule has 0 spiro atoms. The maximum Gasteiger partial charge on any atom is 0.00827 e. The minimum atomic E-state index is 0.291. The molecule has 3 aliphatic carbocycles. The molecule has 1 fully saturated rings. The van der Waals surface area contributed by atoms with Gasteiger partial charge in [0, 0.05) is 5.92 Å². The van der Waals surface area contributed by atoms with Crippen LogP contribution in [0.1, 0.15) is 87.6 Å². The third-order valence-corrected chi connectivity index (χ3v) is 9.60. The molecule has 0 bridgehead atoms. The van der Waals surface area contributed by atoms with Crippen LogP contribution in [0, 0.1) is 42.9 Å². The summed E-state index contributed by atoms with van der Waals surface area (Å²) >= 11 is 0. The van der Waals surface area contributed by atoms with Gasteiger partial charge in [0.15, 0.2) is 0 Å². The lowest BCUT2D eigenvalue weighted by molar-refractivity contribution is 0.334.